The van der Waals surface area contributed by atoms with Gasteiger partial charge in [0.2, 0.25) is 10.0 Å². The fraction of sp³-hybridized carbons (Fsp3) is 0.360. The Kier molecular flexibility index (Phi) is 6.99. The number of benzene rings is 1. The number of rotatable bonds is 6. The smallest absolute Gasteiger partial charge is 0.475 e. The zero-order valence-electron chi connectivity index (χ0n) is 22.1. The van der Waals surface area contributed by atoms with E-state index in [0.29, 0.717) is 11.1 Å². The molecule has 0 saturated heterocycles. The molecular formula is C25H23F6N7O4S. The number of carbonyl (C=O) groups is 1. The molecule has 3 fully saturated rings. The largest absolute Gasteiger partial charge is 0.490 e. The SMILES string of the molecule is Cc1ccc(S(=O)(=O)NC23CC(Cn4ccnc4)(C2)C3)cc1-c1cnc2c(N)nc(C(F)(F)F)cn12.O=C(O)C(F)(F)F. The quantitative estimate of drug-likeness (QED) is 0.269. The van der Waals surface area contributed by atoms with Crippen molar-refractivity contribution in [2.45, 2.75) is 55.5 Å². The molecular weight excluding hydrogens is 608 g/mol. The molecule has 3 aliphatic carbocycles. The zero-order valence-corrected chi connectivity index (χ0v) is 22.9. The Morgan fingerprint density at radius 2 is 1.81 bits per heavy atom. The van der Waals surface area contributed by atoms with Gasteiger partial charge in [-0.25, -0.2) is 32.9 Å². The van der Waals surface area contributed by atoms with Crippen LogP contribution in [0.1, 0.15) is 30.5 Å². The van der Waals surface area contributed by atoms with Gasteiger partial charge in [0, 0.05) is 36.2 Å². The summed E-state index contributed by atoms with van der Waals surface area (Å²) >= 11 is 0. The van der Waals surface area contributed by atoms with E-state index in [4.69, 9.17) is 15.6 Å². The summed E-state index contributed by atoms with van der Waals surface area (Å²) in [7, 11) is -3.87. The number of fused-ring (bicyclic) bond motifs is 1. The lowest BCUT2D eigenvalue weighted by Crippen LogP contribution is -2.75. The number of carboxylic acids is 1. The lowest BCUT2D eigenvalue weighted by molar-refractivity contribution is -0.192. The molecule has 3 saturated carbocycles. The molecule has 230 valence electrons. The number of hydrogen-bond donors (Lipinski definition) is 3. The highest BCUT2D eigenvalue weighted by Gasteiger charge is 2.68. The molecule has 3 heterocycles. The van der Waals surface area contributed by atoms with E-state index in [1.54, 1.807) is 25.5 Å². The van der Waals surface area contributed by atoms with E-state index in [-0.39, 0.29) is 27.5 Å². The Bertz CT molecular complexity index is 1800. The van der Waals surface area contributed by atoms with Gasteiger partial charge in [-0.15, -0.1) is 0 Å². The number of aryl methyl sites for hydroxylation is 1. The fourth-order valence-electron chi connectivity index (χ4n) is 5.78. The predicted octanol–water partition coefficient (Wildman–Crippen LogP) is 4.04. The first-order valence-corrected chi connectivity index (χ1v) is 13.9. The van der Waals surface area contributed by atoms with Crippen molar-refractivity contribution in [3.05, 3.63) is 60.6 Å². The lowest BCUT2D eigenvalue weighted by Gasteiger charge is -2.70. The van der Waals surface area contributed by atoms with E-state index in [9.17, 15) is 34.8 Å². The molecule has 2 bridgehead atoms. The molecule has 1 aromatic carbocycles. The summed E-state index contributed by atoms with van der Waals surface area (Å²) in [6.45, 7) is 2.55. The molecule has 3 aliphatic rings. The second kappa shape index (κ2) is 9.94. The van der Waals surface area contributed by atoms with Crippen LogP contribution in [0.15, 0.2) is 54.2 Å². The van der Waals surface area contributed by atoms with Crippen molar-refractivity contribution in [3.63, 3.8) is 0 Å². The maximum Gasteiger partial charge on any atom is 0.490 e. The Balaban J connectivity index is 0.000000472. The van der Waals surface area contributed by atoms with Crippen LogP contribution in [0.5, 0.6) is 0 Å². The van der Waals surface area contributed by atoms with Crippen molar-refractivity contribution in [2.24, 2.45) is 5.41 Å². The van der Waals surface area contributed by atoms with E-state index < -0.39 is 39.6 Å². The van der Waals surface area contributed by atoms with Gasteiger partial charge < -0.3 is 15.4 Å². The maximum absolute atomic E-state index is 13.3. The Hall–Kier alpha value is -4.19. The van der Waals surface area contributed by atoms with Gasteiger partial charge in [-0.05, 0) is 49.3 Å². The number of alkyl halides is 6. The molecule has 43 heavy (non-hydrogen) atoms. The van der Waals surface area contributed by atoms with E-state index in [2.05, 4.69) is 19.7 Å². The topological polar surface area (TPSA) is 157 Å². The molecule has 18 heteroatoms. The molecule has 0 spiro atoms. The van der Waals surface area contributed by atoms with Crippen LogP contribution in [0.4, 0.5) is 32.2 Å². The van der Waals surface area contributed by atoms with E-state index >= 15 is 0 Å². The molecule has 0 aliphatic heterocycles. The van der Waals surface area contributed by atoms with Gasteiger partial charge in [-0.3, -0.25) is 4.40 Å². The predicted molar refractivity (Wildman–Crippen MR) is 138 cm³/mol. The first-order chi connectivity index (χ1) is 19.8. The summed E-state index contributed by atoms with van der Waals surface area (Å²) in [5, 5.41) is 7.12. The maximum atomic E-state index is 13.3. The van der Waals surface area contributed by atoms with Crippen molar-refractivity contribution in [1.29, 1.82) is 0 Å². The van der Waals surface area contributed by atoms with Crippen LogP contribution >= 0.6 is 0 Å². The first kappa shape index (κ1) is 30.3. The number of aromatic nitrogens is 5. The first-order valence-electron chi connectivity index (χ1n) is 12.4. The van der Waals surface area contributed by atoms with Gasteiger partial charge in [0.25, 0.3) is 0 Å². The summed E-state index contributed by atoms with van der Waals surface area (Å²) in [4.78, 5) is 20.5. The van der Waals surface area contributed by atoms with Crippen LogP contribution in [0, 0.1) is 12.3 Å². The van der Waals surface area contributed by atoms with Crippen molar-refractivity contribution in [1.82, 2.24) is 28.6 Å². The average Bonchev–Trinajstić information content (AvgIpc) is 3.51. The van der Waals surface area contributed by atoms with Gasteiger partial charge in [-0.2, -0.15) is 26.3 Å². The van der Waals surface area contributed by atoms with Crippen LogP contribution in [0.25, 0.3) is 16.9 Å². The monoisotopic (exact) mass is 631 g/mol. The summed E-state index contributed by atoms with van der Waals surface area (Å²) in [5.41, 5.74) is 5.62. The number of nitrogen functional groups attached to an aromatic ring is 1. The Morgan fingerprint density at radius 1 is 1.16 bits per heavy atom. The van der Waals surface area contributed by atoms with Crippen LogP contribution in [-0.4, -0.2) is 55.1 Å². The van der Waals surface area contributed by atoms with Crippen LogP contribution in [-0.2, 0) is 27.5 Å². The number of imidazole rings is 2. The normalized spacial score (nSPS) is 21.5. The highest BCUT2D eigenvalue weighted by molar-refractivity contribution is 7.89. The Morgan fingerprint density at radius 3 is 2.37 bits per heavy atom. The van der Waals surface area contributed by atoms with Crippen LogP contribution in [0.2, 0.25) is 0 Å². The van der Waals surface area contributed by atoms with Crippen molar-refractivity contribution in [2.75, 3.05) is 5.73 Å². The van der Waals surface area contributed by atoms with E-state index in [1.165, 1.54) is 22.7 Å². The molecule has 0 atom stereocenters. The number of carboxylic acid groups (broad SMARTS) is 1. The fourth-order valence-corrected chi connectivity index (χ4v) is 7.20. The summed E-state index contributed by atoms with van der Waals surface area (Å²) in [6, 6.07) is 4.58. The minimum absolute atomic E-state index is 0.0320. The second-order valence-electron chi connectivity index (χ2n) is 10.8. The highest BCUT2D eigenvalue weighted by atomic mass is 32.2. The molecule has 0 amide bonds. The Labute approximate surface area is 239 Å². The second-order valence-corrected chi connectivity index (χ2v) is 12.5. The number of aliphatic carboxylic acids is 1. The van der Waals surface area contributed by atoms with Crippen molar-refractivity contribution >= 4 is 27.5 Å². The van der Waals surface area contributed by atoms with Gasteiger partial charge in [0.15, 0.2) is 17.2 Å². The van der Waals surface area contributed by atoms with E-state index in [1.807, 2.05) is 10.8 Å². The molecule has 0 radical (unpaired) electrons. The lowest BCUT2D eigenvalue weighted by atomic mass is 9.40. The van der Waals surface area contributed by atoms with Gasteiger partial charge in [0.05, 0.1) is 23.1 Å². The van der Waals surface area contributed by atoms with Crippen LogP contribution in [0.3, 0.4) is 0 Å². The summed E-state index contributed by atoms with van der Waals surface area (Å²) in [6.07, 6.45) is -0.000697. The van der Waals surface area contributed by atoms with Crippen molar-refractivity contribution in [3.8, 4) is 11.3 Å². The minimum Gasteiger partial charge on any atom is -0.475 e. The molecule has 3 aromatic heterocycles. The van der Waals surface area contributed by atoms with Gasteiger partial charge >= 0.3 is 18.3 Å². The van der Waals surface area contributed by atoms with Crippen LogP contribution < -0.4 is 10.5 Å². The standard InChI is InChI=1S/C23H22F3N7O2S.C2HF3O2/c1-14-2-3-15(36(34,35)31-22-9-21(10-22,11-22)12-32-5-4-28-13-32)6-16(14)17-7-29-20-19(27)30-18(8-33(17)20)23(24,25)26;3-2(4,5)1(6)7/h2-8,13,31H,9-12H2,1H3,(H2,27,30);(H,6,7). The van der Waals surface area contributed by atoms with Gasteiger partial charge in [-0.1, -0.05) is 6.07 Å². The van der Waals surface area contributed by atoms with Crippen molar-refractivity contribution < 1.29 is 44.7 Å². The molecule has 11 nitrogen and oxygen atoms in total. The number of halogens is 6. The third kappa shape index (κ3) is 5.75. The third-order valence-corrected chi connectivity index (χ3v) is 8.99. The minimum atomic E-state index is -5.08. The van der Waals surface area contributed by atoms with Gasteiger partial charge in [0.1, 0.15) is 0 Å². The number of sulfonamides is 1. The number of nitrogens with one attached hydrogen (secondary N) is 1. The molecule has 0 unspecified atom stereocenters. The molecule has 7 rings (SSSR count). The molecule has 4 N–H and O–H groups in total. The number of nitrogens with zero attached hydrogens (tertiary/aromatic N) is 5. The number of nitrogens with two attached hydrogens (primary N) is 1. The summed E-state index contributed by atoms with van der Waals surface area (Å²) < 4.78 is 104. The average molecular weight is 632 g/mol. The zero-order chi connectivity index (χ0) is 31.6. The number of anilines is 1. The highest BCUT2D eigenvalue weighted by Crippen LogP contribution is 2.68. The number of hydrogen-bond acceptors (Lipinski definition) is 7. The van der Waals surface area contributed by atoms with E-state index in [0.717, 1.165) is 32.0 Å². The summed E-state index contributed by atoms with van der Waals surface area (Å²) in [5.74, 6) is -3.13. The third-order valence-electron chi connectivity index (χ3n) is 7.41. The molecule has 4 aromatic rings.